The maximum atomic E-state index is 12.0. The lowest BCUT2D eigenvalue weighted by Gasteiger charge is -2.36. The van der Waals surface area contributed by atoms with Crippen LogP contribution in [-0.4, -0.2) is 17.6 Å². The highest BCUT2D eigenvalue weighted by molar-refractivity contribution is 6.08. The van der Waals surface area contributed by atoms with Crippen molar-refractivity contribution in [1.82, 2.24) is 0 Å². The number of carbonyl (C=O) groups excluding carboxylic acids is 2. The van der Waals surface area contributed by atoms with Crippen LogP contribution in [0.3, 0.4) is 0 Å². The van der Waals surface area contributed by atoms with E-state index in [4.69, 9.17) is 0 Å². The van der Waals surface area contributed by atoms with E-state index < -0.39 is 17.4 Å². The normalized spacial score (nSPS) is 32.5. The second kappa shape index (κ2) is 3.83. The summed E-state index contributed by atoms with van der Waals surface area (Å²) < 4.78 is 0. The molecule has 1 rings (SSSR count). The SMILES string of the molecule is CC1CC(C)(C)C(=O)C(C(C)N=O)C1=O. The van der Waals surface area contributed by atoms with Crippen LogP contribution in [0, 0.1) is 22.2 Å². The van der Waals surface area contributed by atoms with E-state index in [1.807, 2.05) is 13.8 Å². The van der Waals surface area contributed by atoms with Crippen molar-refractivity contribution in [2.45, 2.75) is 40.2 Å². The number of nitrogens with zero attached hydrogens (tertiary/aromatic N) is 1. The van der Waals surface area contributed by atoms with Gasteiger partial charge in [-0.15, -0.1) is 0 Å². The van der Waals surface area contributed by atoms with Gasteiger partial charge in [-0.3, -0.25) is 9.59 Å². The van der Waals surface area contributed by atoms with Crippen LogP contribution in [-0.2, 0) is 9.59 Å². The molecule has 0 aliphatic heterocycles. The van der Waals surface area contributed by atoms with Gasteiger partial charge in [0.25, 0.3) is 0 Å². The summed E-state index contributed by atoms with van der Waals surface area (Å²) in [5.74, 6) is -1.27. The zero-order valence-corrected chi connectivity index (χ0v) is 9.61. The van der Waals surface area contributed by atoms with E-state index in [1.54, 1.807) is 6.92 Å². The Kier molecular flexibility index (Phi) is 3.07. The average Bonchev–Trinajstić information content (AvgIpc) is 2.14. The Morgan fingerprint density at radius 1 is 1.40 bits per heavy atom. The molecular formula is C11H17NO3. The van der Waals surface area contributed by atoms with Crippen molar-refractivity contribution in [3.05, 3.63) is 4.91 Å². The molecule has 0 spiro atoms. The molecule has 4 heteroatoms. The summed E-state index contributed by atoms with van der Waals surface area (Å²) >= 11 is 0. The van der Waals surface area contributed by atoms with Gasteiger partial charge in [0.15, 0.2) is 5.78 Å². The highest BCUT2D eigenvalue weighted by Gasteiger charge is 2.48. The van der Waals surface area contributed by atoms with E-state index in [2.05, 4.69) is 5.18 Å². The molecule has 3 unspecified atom stereocenters. The summed E-state index contributed by atoms with van der Waals surface area (Å²) in [5, 5.41) is 2.82. The minimum absolute atomic E-state index is 0.133. The number of hydrogen-bond donors (Lipinski definition) is 0. The first-order valence-corrected chi connectivity index (χ1v) is 5.21. The number of rotatable bonds is 2. The van der Waals surface area contributed by atoms with E-state index in [9.17, 15) is 14.5 Å². The maximum Gasteiger partial charge on any atom is 0.151 e. The molecule has 0 aromatic carbocycles. The van der Waals surface area contributed by atoms with Crippen molar-refractivity contribution >= 4 is 11.6 Å². The van der Waals surface area contributed by atoms with Gasteiger partial charge in [0.05, 0.1) is 0 Å². The van der Waals surface area contributed by atoms with Crippen LogP contribution in [0.4, 0.5) is 0 Å². The molecule has 0 aromatic rings. The van der Waals surface area contributed by atoms with Gasteiger partial charge in [-0.25, -0.2) is 0 Å². The second-order valence-corrected chi connectivity index (χ2v) is 5.08. The zero-order chi connectivity index (χ0) is 11.8. The molecule has 0 N–H and O–H groups in total. The van der Waals surface area contributed by atoms with Gasteiger partial charge in [0.1, 0.15) is 17.7 Å². The maximum absolute atomic E-state index is 12.0. The summed E-state index contributed by atoms with van der Waals surface area (Å²) in [7, 11) is 0. The fourth-order valence-electron chi connectivity index (χ4n) is 2.34. The minimum Gasteiger partial charge on any atom is -0.299 e. The van der Waals surface area contributed by atoms with Crippen LogP contribution in [0.5, 0.6) is 0 Å². The van der Waals surface area contributed by atoms with Crippen molar-refractivity contribution in [3.8, 4) is 0 Å². The monoisotopic (exact) mass is 211 g/mol. The van der Waals surface area contributed by atoms with Crippen molar-refractivity contribution in [2.75, 3.05) is 0 Å². The zero-order valence-electron chi connectivity index (χ0n) is 9.61. The molecule has 4 nitrogen and oxygen atoms in total. The quantitative estimate of drug-likeness (QED) is 0.518. The first kappa shape index (κ1) is 12.0. The van der Waals surface area contributed by atoms with Gasteiger partial charge >= 0.3 is 0 Å². The molecule has 0 amide bonds. The molecule has 0 bridgehead atoms. The Morgan fingerprint density at radius 2 is 1.93 bits per heavy atom. The van der Waals surface area contributed by atoms with Crippen LogP contribution >= 0.6 is 0 Å². The Labute approximate surface area is 89.4 Å². The smallest absolute Gasteiger partial charge is 0.151 e. The number of nitroso groups, excluding NO2 is 1. The molecule has 15 heavy (non-hydrogen) atoms. The van der Waals surface area contributed by atoms with Gasteiger partial charge in [0, 0.05) is 11.3 Å². The largest absolute Gasteiger partial charge is 0.299 e. The predicted molar refractivity (Wildman–Crippen MR) is 56.3 cm³/mol. The van der Waals surface area contributed by atoms with Crippen LogP contribution in [0.2, 0.25) is 0 Å². The third-order valence-corrected chi connectivity index (χ3v) is 3.21. The topological polar surface area (TPSA) is 63.6 Å². The molecule has 84 valence electrons. The van der Waals surface area contributed by atoms with Crippen LogP contribution in [0.1, 0.15) is 34.1 Å². The minimum atomic E-state index is -0.832. The van der Waals surface area contributed by atoms with E-state index in [1.165, 1.54) is 6.92 Å². The van der Waals surface area contributed by atoms with Crippen molar-refractivity contribution in [3.63, 3.8) is 0 Å². The summed E-state index contributed by atoms with van der Waals surface area (Å²) in [6, 6.07) is -0.743. The molecule has 1 saturated carbocycles. The van der Waals surface area contributed by atoms with Gasteiger partial charge < -0.3 is 0 Å². The molecule has 1 aliphatic carbocycles. The summed E-state index contributed by atoms with van der Waals surface area (Å²) in [6.07, 6.45) is 0.562. The standard InChI is InChI=1S/C11H17NO3/c1-6-5-11(3,4)10(14)8(9(6)13)7(2)12-15/h6-8H,5H2,1-4H3. The molecule has 1 fully saturated rings. The second-order valence-electron chi connectivity index (χ2n) is 5.08. The first-order chi connectivity index (χ1) is 6.81. The fourth-order valence-corrected chi connectivity index (χ4v) is 2.34. The van der Waals surface area contributed by atoms with Crippen molar-refractivity contribution in [1.29, 1.82) is 0 Å². The number of carbonyl (C=O) groups is 2. The lowest BCUT2D eigenvalue weighted by Crippen LogP contribution is -2.48. The van der Waals surface area contributed by atoms with E-state index >= 15 is 0 Å². The average molecular weight is 211 g/mol. The van der Waals surface area contributed by atoms with Gasteiger partial charge in [-0.05, 0) is 13.3 Å². The predicted octanol–water partition coefficient (Wildman–Crippen LogP) is 1.96. The lowest BCUT2D eigenvalue weighted by molar-refractivity contribution is -0.146. The highest BCUT2D eigenvalue weighted by atomic mass is 16.3. The summed E-state index contributed by atoms with van der Waals surface area (Å²) in [6.45, 7) is 6.98. The fraction of sp³-hybridized carbons (Fsp3) is 0.818. The molecule has 0 aromatic heterocycles. The van der Waals surface area contributed by atoms with Gasteiger partial charge in [-0.1, -0.05) is 25.9 Å². The molecule has 0 heterocycles. The summed E-state index contributed by atoms with van der Waals surface area (Å²) in [5.41, 5.74) is -0.517. The Morgan fingerprint density at radius 3 is 2.40 bits per heavy atom. The van der Waals surface area contributed by atoms with Crippen molar-refractivity contribution < 1.29 is 9.59 Å². The third-order valence-electron chi connectivity index (χ3n) is 3.21. The van der Waals surface area contributed by atoms with Gasteiger partial charge in [0.2, 0.25) is 0 Å². The Hall–Kier alpha value is -1.06. The number of ketones is 2. The highest BCUT2D eigenvalue weighted by Crippen LogP contribution is 2.38. The van der Waals surface area contributed by atoms with Crippen LogP contribution in [0.15, 0.2) is 5.18 Å². The summed E-state index contributed by atoms with van der Waals surface area (Å²) in [4.78, 5) is 34.2. The molecule has 3 atom stereocenters. The van der Waals surface area contributed by atoms with Crippen LogP contribution in [0.25, 0.3) is 0 Å². The Balaban J connectivity index is 3.06. The number of hydrogen-bond acceptors (Lipinski definition) is 4. The lowest BCUT2D eigenvalue weighted by atomic mass is 9.64. The van der Waals surface area contributed by atoms with E-state index in [0.29, 0.717) is 6.42 Å². The molecule has 0 saturated heterocycles. The van der Waals surface area contributed by atoms with E-state index in [0.717, 1.165) is 0 Å². The first-order valence-electron chi connectivity index (χ1n) is 5.21. The molecular weight excluding hydrogens is 194 g/mol. The molecule has 0 radical (unpaired) electrons. The third kappa shape index (κ3) is 1.98. The Bertz CT molecular complexity index is 309. The van der Waals surface area contributed by atoms with E-state index in [-0.39, 0.29) is 17.5 Å². The number of Topliss-reactive ketones (excluding diaryl/α,β-unsaturated/α-hetero) is 2. The molecule has 1 aliphatic rings. The van der Waals surface area contributed by atoms with Gasteiger partial charge in [-0.2, -0.15) is 4.91 Å². The van der Waals surface area contributed by atoms with Crippen LogP contribution < -0.4 is 0 Å². The van der Waals surface area contributed by atoms with Crippen molar-refractivity contribution in [2.24, 2.45) is 22.4 Å².